The topological polar surface area (TPSA) is 47.3 Å². The lowest BCUT2D eigenvalue weighted by Crippen LogP contribution is -3.00. The molecule has 2 atom stereocenters. The predicted octanol–water partition coefficient (Wildman–Crippen LogP) is -1.29. The van der Waals surface area contributed by atoms with Crippen LogP contribution in [0.1, 0.15) is 33.9 Å². The summed E-state index contributed by atoms with van der Waals surface area (Å²) in [5, 5.41) is 0. The number of aryl methyl sites for hydroxylation is 3. The molecule has 0 unspecified atom stereocenters. The van der Waals surface area contributed by atoms with Crippen molar-refractivity contribution in [2.24, 2.45) is 0 Å². The molecule has 1 aliphatic carbocycles. The van der Waals surface area contributed by atoms with E-state index in [-0.39, 0.29) is 24.6 Å². The highest BCUT2D eigenvalue weighted by Crippen LogP contribution is 2.31. The Labute approximate surface area is 155 Å². The van der Waals surface area contributed by atoms with E-state index < -0.39 is 0 Å². The lowest BCUT2D eigenvalue weighted by atomic mass is 10.1. The van der Waals surface area contributed by atoms with Crippen molar-refractivity contribution in [1.82, 2.24) is 5.43 Å². The molecule has 0 fully saturated rings. The minimum absolute atomic E-state index is 0. The maximum absolute atomic E-state index is 6.06. The molecule has 5 heteroatoms. The van der Waals surface area contributed by atoms with Gasteiger partial charge in [-0.2, -0.15) is 5.43 Å². The lowest BCUT2D eigenvalue weighted by Gasteiger charge is -2.22. The van der Waals surface area contributed by atoms with E-state index in [0.717, 1.165) is 17.9 Å². The number of nitrogens with one attached hydrogen (secondary N) is 3. The standard InChI is InChI=1S/C20H23N3O.ClH/c1-12-8-13(2)19(14(3)9-12)23-22-18-11-24-17-10-15-6-4-5-7-16(15)20(17)21-18;/h4-9,17,20,23H,10-11H2,1-3H3,(H,21,22);1H/t17-,20+;/m0./s1. The van der Waals surface area contributed by atoms with Crippen molar-refractivity contribution in [3.63, 3.8) is 0 Å². The molecule has 0 amide bonds. The number of rotatable bonds is 2. The van der Waals surface area contributed by atoms with E-state index in [4.69, 9.17) is 4.74 Å². The average molecular weight is 358 g/mol. The Bertz CT molecular complexity index is 795. The normalized spacial score (nSPS) is 20.8. The van der Waals surface area contributed by atoms with Crippen LogP contribution in [0.2, 0.25) is 0 Å². The Hall–Kier alpha value is -2.04. The molecular weight excluding hydrogens is 334 g/mol. The second-order valence-corrected chi connectivity index (χ2v) is 6.88. The molecule has 0 saturated heterocycles. The monoisotopic (exact) mass is 357 g/mol. The summed E-state index contributed by atoms with van der Waals surface area (Å²) in [4.78, 5) is 3.61. The third-order valence-corrected chi connectivity index (χ3v) is 4.97. The van der Waals surface area contributed by atoms with Gasteiger partial charge in [-0.05, 0) is 37.5 Å². The minimum atomic E-state index is 0. The molecule has 3 N–H and O–H groups in total. The third-order valence-electron chi connectivity index (χ3n) is 4.97. The van der Waals surface area contributed by atoms with Crippen LogP contribution in [0.15, 0.2) is 36.4 Å². The van der Waals surface area contributed by atoms with E-state index in [1.807, 2.05) is 0 Å². The largest absolute Gasteiger partial charge is 1.00 e. The summed E-state index contributed by atoms with van der Waals surface area (Å²) < 4.78 is 6.06. The molecule has 0 bridgehead atoms. The van der Waals surface area contributed by atoms with Gasteiger partial charge in [0, 0.05) is 12.0 Å². The number of hydrazine groups is 1. The van der Waals surface area contributed by atoms with E-state index in [2.05, 4.69) is 73.0 Å². The summed E-state index contributed by atoms with van der Waals surface area (Å²) in [5.41, 5.74) is 14.3. The van der Waals surface area contributed by atoms with Crippen LogP contribution in [0.5, 0.6) is 0 Å². The van der Waals surface area contributed by atoms with Gasteiger partial charge in [-0.3, -0.25) is 4.99 Å². The summed E-state index contributed by atoms with van der Waals surface area (Å²) in [6.45, 7) is 6.96. The van der Waals surface area contributed by atoms with Crippen LogP contribution in [0.3, 0.4) is 0 Å². The van der Waals surface area contributed by atoms with Gasteiger partial charge in [-0.25, -0.2) is 5.43 Å². The van der Waals surface area contributed by atoms with E-state index in [1.54, 1.807) is 0 Å². The van der Waals surface area contributed by atoms with Crippen molar-refractivity contribution in [3.05, 3.63) is 64.2 Å². The van der Waals surface area contributed by atoms with Crippen molar-refractivity contribution in [2.45, 2.75) is 39.3 Å². The highest BCUT2D eigenvalue weighted by atomic mass is 35.5. The van der Waals surface area contributed by atoms with Crippen LogP contribution in [-0.2, 0) is 11.2 Å². The van der Waals surface area contributed by atoms with E-state index in [1.165, 1.54) is 27.8 Å². The molecule has 2 aliphatic rings. The maximum atomic E-state index is 6.06. The van der Waals surface area contributed by atoms with Crippen LogP contribution in [0, 0.1) is 20.8 Å². The van der Waals surface area contributed by atoms with Crippen LogP contribution in [0.25, 0.3) is 0 Å². The van der Waals surface area contributed by atoms with Gasteiger partial charge in [-0.15, -0.1) is 0 Å². The molecule has 0 radical (unpaired) electrons. The zero-order chi connectivity index (χ0) is 16.7. The second-order valence-electron chi connectivity index (χ2n) is 6.88. The number of hydrogen-bond acceptors (Lipinski definition) is 3. The first-order chi connectivity index (χ1) is 11.6. The molecule has 2 aromatic rings. The van der Waals surface area contributed by atoms with Gasteiger partial charge in [0.15, 0.2) is 0 Å². The van der Waals surface area contributed by atoms with Crippen molar-refractivity contribution in [2.75, 3.05) is 12.0 Å². The quantitative estimate of drug-likeness (QED) is 0.586. The molecule has 0 spiro atoms. The fraction of sp³-hybridized carbons (Fsp3) is 0.350. The first-order valence-electron chi connectivity index (χ1n) is 8.53. The van der Waals surface area contributed by atoms with Crippen LogP contribution < -0.4 is 28.3 Å². The highest BCUT2D eigenvalue weighted by molar-refractivity contribution is 5.80. The zero-order valence-electron chi connectivity index (χ0n) is 14.8. The van der Waals surface area contributed by atoms with Gasteiger partial charge in [0.05, 0.1) is 5.69 Å². The molecule has 4 rings (SSSR count). The Morgan fingerprint density at radius 2 is 1.76 bits per heavy atom. The third kappa shape index (κ3) is 3.37. The van der Waals surface area contributed by atoms with Gasteiger partial charge in [0.2, 0.25) is 0 Å². The van der Waals surface area contributed by atoms with Gasteiger partial charge < -0.3 is 17.1 Å². The van der Waals surface area contributed by atoms with E-state index in [9.17, 15) is 0 Å². The SMILES string of the molecule is Cc1cc(C)c(NNC2=[NH+][C@@H]3c4ccccc4C[C@@H]3OC2)c(C)c1.[Cl-]. The Balaban J connectivity index is 0.00000182. The van der Waals surface area contributed by atoms with Crippen molar-refractivity contribution in [3.8, 4) is 0 Å². The average Bonchev–Trinajstić information content (AvgIpc) is 2.92. The van der Waals surface area contributed by atoms with Crippen LogP contribution >= 0.6 is 0 Å². The Morgan fingerprint density at radius 1 is 1.04 bits per heavy atom. The molecule has 1 aliphatic heterocycles. The van der Waals surface area contributed by atoms with Gasteiger partial charge >= 0.3 is 0 Å². The molecule has 4 nitrogen and oxygen atoms in total. The van der Waals surface area contributed by atoms with Gasteiger partial charge in [0.25, 0.3) is 5.84 Å². The summed E-state index contributed by atoms with van der Waals surface area (Å²) in [6.07, 6.45) is 1.22. The molecule has 0 aromatic heterocycles. The molecule has 2 aromatic carbocycles. The minimum Gasteiger partial charge on any atom is -1.00 e. The first kappa shape index (κ1) is 17.8. The van der Waals surface area contributed by atoms with E-state index in [0.29, 0.717) is 6.61 Å². The van der Waals surface area contributed by atoms with Crippen LogP contribution in [0.4, 0.5) is 5.69 Å². The fourth-order valence-corrected chi connectivity index (χ4v) is 3.89. The van der Waals surface area contributed by atoms with E-state index >= 15 is 0 Å². The summed E-state index contributed by atoms with van der Waals surface area (Å²) in [5.74, 6) is 0.979. The number of anilines is 1. The van der Waals surface area contributed by atoms with Crippen molar-refractivity contribution < 1.29 is 22.1 Å². The molecule has 25 heavy (non-hydrogen) atoms. The second kappa shape index (κ2) is 7.06. The van der Waals surface area contributed by atoms with Gasteiger partial charge in [0.1, 0.15) is 18.8 Å². The molecule has 1 heterocycles. The fourth-order valence-electron chi connectivity index (χ4n) is 3.89. The number of benzene rings is 2. The Kier molecular flexibility index (Phi) is 5.02. The molecule has 132 valence electrons. The molecule has 0 saturated carbocycles. The van der Waals surface area contributed by atoms with Gasteiger partial charge in [-0.1, -0.05) is 42.0 Å². The van der Waals surface area contributed by atoms with Crippen LogP contribution in [-0.4, -0.2) is 18.5 Å². The number of ether oxygens (including phenoxy) is 1. The number of amidine groups is 1. The Morgan fingerprint density at radius 3 is 2.52 bits per heavy atom. The zero-order valence-corrected chi connectivity index (χ0v) is 15.6. The lowest BCUT2D eigenvalue weighted by molar-refractivity contribution is -0.536. The number of halogens is 1. The highest BCUT2D eigenvalue weighted by Gasteiger charge is 2.38. The summed E-state index contributed by atoms with van der Waals surface area (Å²) in [7, 11) is 0. The first-order valence-corrected chi connectivity index (χ1v) is 8.53. The smallest absolute Gasteiger partial charge is 0.292 e. The summed E-state index contributed by atoms with van der Waals surface area (Å²) >= 11 is 0. The maximum Gasteiger partial charge on any atom is 0.292 e. The van der Waals surface area contributed by atoms with Crippen molar-refractivity contribution in [1.29, 1.82) is 0 Å². The molecular formula is C20H24ClN3O. The van der Waals surface area contributed by atoms with Crippen molar-refractivity contribution >= 4 is 11.5 Å². The predicted molar refractivity (Wildman–Crippen MR) is 96.0 cm³/mol. The summed E-state index contributed by atoms with van der Waals surface area (Å²) in [6, 6.07) is 13.2. The number of hydrogen-bond donors (Lipinski definition) is 3. The number of fused-ring (bicyclic) bond motifs is 3.